The first-order valence-electron chi connectivity index (χ1n) is 6.14. The maximum absolute atomic E-state index is 12.3. The Morgan fingerprint density at radius 3 is 2.83 bits per heavy atom. The average molecular weight is 249 g/mol. The van der Waals surface area contributed by atoms with Gasteiger partial charge in [0.25, 0.3) is 0 Å². The third-order valence-electron chi connectivity index (χ3n) is 3.28. The van der Waals surface area contributed by atoms with Crippen LogP contribution in [0.1, 0.15) is 18.5 Å². The molecule has 1 aromatic heterocycles. The van der Waals surface area contributed by atoms with E-state index in [1.807, 2.05) is 18.2 Å². The standard InChI is InChI=1S/C13H19N3O2/c1-16(10-11-4-2-3-7-15-11)12(17)13(14)5-8-18-9-6-13/h2-4,7H,5-6,8-10,14H2,1H3. The maximum Gasteiger partial charge on any atom is 0.242 e. The SMILES string of the molecule is CN(Cc1ccccn1)C(=O)C1(N)CCOCC1. The first-order valence-corrected chi connectivity index (χ1v) is 6.14. The molecule has 0 aliphatic carbocycles. The van der Waals surface area contributed by atoms with Crippen LogP contribution < -0.4 is 5.73 Å². The number of ether oxygens (including phenoxy) is 1. The number of amides is 1. The van der Waals surface area contributed by atoms with E-state index in [0.29, 0.717) is 32.6 Å². The summed E-state index contributed by atoms with van der Waals surface area (Å²) in [5.74, 6) is -0.0311. The fourth-order valence-electron chi connectivity index (χ4n) is 2.14. The molecule has 0 unspecified atom stereocenters. The summed E-state index contributed by atoms with van der Waals surface area (Å²) in [6.45, 7) is 1.60. The molecule has 98 valence electrons. The maximum atomic E-state index is 12.3. The number of nitrogens with zero attached hydrogens (tertiary/aromatic N) is 2. The van der Waals surface area contributed by atoms with Gasteiger partial charge in [0.2, 0.25) is 5.91 Å². The Hall–Kier alpha value is -1.46. The normalized spacial score (nSPS) is 18.3. The zero-order chi connectivity index (χ0) is 13.0. The molecule has 1 amide bonds. The smallest absolute Gasteiger partial charge is 0.242 e. The minimum atomic E-state index is -0.776. The fraction of sp³-hybridized carbons (Fsp3) is 0.538. The summed E-state index contributed by atoms with van der Waals surface area (Å²) in [6.07, 6.45) is 2.89. The van der Waals surface area contributed by atoms with Gasteiger partial charge in [-0.25, -0.2) is 0 Å². The van der Waals surface area contributed by atoms with Gasteiger partial charge in [-0.1, -0.05) is 6.07 Å². The average Bonchev–Trinajstić information content (AvgIpc) is 2.40. The summed E-state index contributed by atoms with van der Waals surface area (Å²) in [4.78, 5) is 18.2. The van der Waals surface area contributed by atoms with Crippen molar-refractivity contribution in [3.63, 3.8) is 0 Å². The molecule has 5 heteroatoms. The molecule has 1 aromatic rings. The molecule has 0 spiro atoms. The van der Waals surface area contributed by atoms with Crippen molar-refractivity contribution < 1.29 is 9.53 Å². The number of rotatable bonds is 3. The lowest BCUT2D eigenvalue weighted by Crippen LogP contribution is -2.57. The third kappa shape index (κ3) is 2.86. The zero-order valence-electron chi connectivity index (χ0n) is 10.6. The minimum absolute atomic E-state index is 0.0311. The second kappa shape index (κ2) is 5.46. The van der Waals surface area contributed by atoms with E-state index in [1.54, 1.807) is 18.1 Å². The summed E-state index contributed by atoms with van der Waals surface area (Å²) in [5, 5.41) is 0. The zero-order valence-corrected chi connectivity index (χ0v) is 10.6. The summed E-state index contributed by atoms with van der Waals surface area (Å²) in [7, 11) is 1.76. The highest BCUT2D eigenvalue weighted by molar-refractivity contribution is 5.86. The van der Waals surface area contributed by atoms with Crippen LogP contribution in [-0.2, 0) is 16.1 Å². The Kier molecular flexibility index (Phi) is 3.93. The van der Waals surface area contributed by atoms with Gasteiger partial charge in [0.15, 0.2) is 0 Å². The van der Waals surface area contributed by atoms with E-state index in [-0.39, 0.29) is 5.91 Å². The second-order valence-corrected chi connectivity index (χ2v) is 4.75. The van der Waals surface area contributed by atoms with Gasteiger partial charge in [0, 0.05) is 26.5 Å². The Bertz CT molecular complexity index is 402. The first-order chi connectivity index (χ1) is 8.62. The minimum Gasteiger partial charge on any atom is -0.381 e. The molecule has 1 fully saturated rings. The highest BCUT2D eigenvalue weighted by Crippen LogP contribution is 2.20. The van der Waals surface area contributed by atoms with Gasteiger partial charge < -0.3 is 15.4 Å². The van der Waals surface area contributed by atoms with Gasteiger partial charge in [0.05, 0.1) is 17.8 Å². The van der Waals surface area contributed by atoms with E-state index in [4.69, 9.17) is 10.5 Å². The molecule has 1 aliphatic rings. The van der Waals surface area contributed by atoms with Crippen molar-refractivity contribution in [1.82, 2.24) is 9.88 Å². The van der Waals surface area contributed by atoms with E-state index in [9.17, 15) is 4.79 Å². The molecule has 1 saturated heterocycles. The summed E-state index contributed by atoms with van der Waals surface area (Å²) in [6, 6.07) is 5.67. The summed E-state index contributed by atoms with van der Waals surface area (Å²) in [5.41, 5.74) is 6.25. The van der Waals surface area contributed by atoms with E-state index < -0.39 is 5.54 Å². The Morgan fingerprint density at radius 1 is 1.50 bits per heavy atom. The Labute approximate surface area is 107 Å². The van der Waals surface area contributed by atoms with Crippen LogP contribution in [0, 0.1) is 0 Å². The van der Waals surface area contributed by atoms with Gasteiger partial charge >= 0.3 is 0 Å². The van der Waals surface area contributed by atoms with Crippen molar-refractivity contribution in [1.29, 1.82) is 0 Å². The van der Waals surface area contributed by atoms with Crippen molar-refractivity contribution in [3.05, 3.63) is 30.1 Å². The molecular formula is C13H19N3O2. The predicted octanol–water partition coefficient (Wildman–Crippen LogP) is 0.548. The second-order valence-electron chi connectivity index (χ2n) is 4.75. The largest absolute Gasteiger partial charge is 0.381 e. The van der Waals surface area contributed by atoms with Crippen LogP contribution in [0.5, 0.6) is 0 Å². The number of likely N-dealkylation sites (N-methyl/N-ethyl adjacent to an activating group) is 1. The van der Waals surface area contributed by atoms with Crippen LogP contribution in [0.3, 0.4) is 0 Å². The van der Waals surface area contributed by atoms with Crippen LogP contribution in [-0.4, -0.2) is 41.6 Å². The van der Waals surface area contributed by atoms with Crippen LogP contribution >= 0.6 is 0 Å². The van der Waals surface area contributed by atoms with Gasteiger partial charge in [-0.3, -0.25) is 9.78 Å². The topological polar surface area (TPSA) is 68.5 Å². The van der Waals surface area contributed by atoms with E-state index in [2.05, 4.69) is 4.98 Å². The van der Waals surface area contributed by atoms with Crippen LogP contribution in [0.2, 0.25) is 0 Å². The van der Waals surface area contributed by atoms with Crippen LogP contribution in [0.15, 0.2) is 24.4 Å². The highest BCUT2D eigenvalue weighted by Gasteiger charge is 2.37. The molecule has 0 radical (unpaired) electrons. The van der Waals surface area contributed by atoms with E-state index in [1.165, 1.54) is 0 Å². The number of hydrogen-bond donors (Lipinski definition) is 1. The molecule has 18 heavy (non-hydrogen) atoms. The fourth-order valence-corrected chi connectivity index (χ4v) is 2.14. The van der Waals surface area contributed by atoms with Crippen LogP contribution in [0.25, 0.3) is 0 Å². The Balaban J connectivity index is 2.00. The molecule has 5 nitrogen and oxygen atoms in total. The number of aromatic nitrogens is 1. The summed E-state index contributed by atoms with van der Waals surface area (Å²) < 4.78 is 5.25. The quantitative estimate of drug-likeness (QED) is 0.849. The van der Waals surface area contributed by atoms with Crippen molar-refractivity contribution in [2.24, 2.45) is 5.73 Å². The van der Waals surface area contributed by atoms with Crippen LogP contribution in [0.4, 0.5) is 0 Å². The monoisotopic (exact) mass is 249 g/mol. The van der Waals surface area contributed by atoms with Gasteiger partial charge in [-0.05, 0) is 25.0 Å². The molecule has 2 heterocycles. The molecule has 2 rings (SSSR count). The predicted molar refractivity (Wildman–Crippen MR) is 67.7 cm³/mol. The molecule has 0 atom stereocenters. The van der Waals surface area contributed by atoms with E-state index in [0.717, 1.165) is 5.69 Å². The number of pyridine rings is 1. The first kappa shape index (κ1) is 13.0. The van der Waals surface area contributed by atoms with Crippen molar-refractivity contribution in [2.45, 2.75) is 24.9 Å². The van der Waals surface area contributed by atoms with Crippen molar-refractivity contribution in [2.75, 3.05) is 20.3 Å². The van der Waals surface area contributed by atoms with Crippen molar-refractivity contribution in [3.8, 4) is 0 Å². The van der Waals surface area contributed by atoms with Gasteiger partial charge in [0.1, 0.15) is 0 Å². The molecular weight excluding hydrogens is 230 g/mol. The third-order valence-corrected chi connectivity index (χ3v) is 3.28. The Morgan fingerprint density at radius 2 is 2.22 bits per heavy atom. The number of carbonyl (C=O) groups is 1. The molecule has 0 saturated carbocycles. The number of hydrogen-bond acceptors (Lipinski definition) is 4. The van der Waals surface area contributed by atoms with Gasteiger partial charge in [-0.15, -0.1) is 0 Å². The summed E-state index contributed by atoms with van der Waals surface area (Å²) >= 11 is 0. The number of nitrogens with two attached hydrogens (primary N) is 1. The number of carbonyl (C=O) groups excluding carboxylic acids is 1. The molecule has 0 bridgehead atoms. The van der Waals surface area contributed by atoms with Gasteiger partial charge in [-0.2, -0.15) is 0 Å². The lowest BCUT2D eigenvalue weighted by atomic mass is 9.90. The van der Waals surface area contributed by atoms with E-state index >= 15 is 0 Å². The van der Waals surface area contributed by atoms with Crippen molar-refractivity contribution >= 4 is 5.91 Å². The lowest BCUT2D eigenvalue weighted by molar-refractivity contribution is -0.139. The lowest BCUT2D eigenvalue weighted by Gasteiger charge is -2.35. The molecule has 0 aromatic carbocycles. The molecule has 1 aliphatic heterocycles. The highest BCUT2D eigenvalue weighted by atomic mass is 16.5. The molecule has 2 N–H and O–H groups in total.